The van der Waals surface area contributed by atoms with E-state index in [1.807, 2.05) is 13.0 Å². The van der Waals surface area contributed by atoms with Gasteiger partial charge >= 0.3 is 0 Å². The highest BCUT2D eigenvalue weighted by Gasteiger charge is 2.56. The molecule has 2 saturated heterocycles. The SMILES string of the molecule is CC=Cc1ccc(C2[C@H]3CNC[C@@H]2N3S(=O)(=O)c2ccc(Cl)cc2)cc1. The zero-order chi connectivity index (χ0) is 18.3. The third-order valence-corrected chi connectivity index (χ3v) is 7.48. The number of fused-ring (bicyclic) bond motifs is 2. The molecule has 136 valence electrons. The van der Waals surface area contributed by atoms with Gasteiger partial charge in [-0.3, -0.25) is 0 Å². The van der Waals surface area contributed by atoms with Gasteiger partial charge in [-0.15, -0.1) is 0 Å². The molecular weight excluding hydrogens is 368 g/mol. The number of allylic oxidation sites excluding steroid dienone is 1. The second kappa shape index (κ2) is 6.82. The standard InChI is InChI=1S/C20H21ClN2O2S/c1-2-3-14-4-6-15(7-5-14)20-18-12-22-13-19(20)23(18)26(24,25)17-10-8-16(21)9-11-17/h2-11,18-20,22H,12-13H2,1H3/t18-,19+,20?. The van der Waals surface area contributed by atoms with Gasteiger partial charge in [0.15, 0.2) is 0 Å². The Balaban J connectivity index is 1.62. The first-order chi connectivity index (χ1) is 12.5. The van der Waals surface area contributed by atoms with Crippen molar-refractivity contribution in [1.29, 1.82) is 0 Å². The van der Waals surface area contributed by atoms with E-state index >= 15 is 0 Å². The van der Waals surface area contributed by atoms with Crippen LogP contribution in [0.5, 0.6) is 0 Å². The van der Waals surface area contributed by atoms with E-state index in [0.29, 0.717) is 23.0 Å². The molecule has 2 heterocycles. The number of sulfonamides is 1. The minimum atomic E-state index is -3.51. The van der Waals surface area contributed by atoms with E-state index in [0.717, 1.165) is 5.56 Å². The quantitative estimate of drug-likeness (QED) is 0.872. The molecule has 0 saturated carbocycles. The largest absolute Gasteiger partial charge is 0.313 e. The number of nitrogens with zero attached hydrogens (tertiary/aromatic N) is 1. The maximum atomic E-state index is 13.1. The maximum absolute atomic E-state index is 13.1. The number of benzene rings is 2. The molecule has 0 aromatic heterocycles. The molecule has 2 bridgehead atoms. The van der Waals surface area contributed by atoms with Crippen LogP contribution in [0.4, 0.5) is 0 Å². The van der Waals surface area contributed by atoms with Gasteiger partial charge in [0.1, 0.15) is 0 Å². The van der Waals surface area contributed by atoms with Crippen molar-refractivity contribution in [2.45, 2.75) is 29.8 Å². The van der Waals surface area contributed by atoms with Crippen LogP contribution in [0.1, 0.15) is 24.0 Å². The third kappa shape index (κ3) is 2.89. The van der Waals surface area contributed by atoms with Gasteiger partial charge in [-0.25, -0.2) is 8.42 Å². The van der Waals surface area contributed by atoms with Gasteiger partial charge in [0.2, 0.25) is 10.0 Å². The smallest absolute Gasteiger partial charge is 0.243 e. The monoisotopic (exact) mass is 388 g/mol. The van der Waals surface area contributed by atoms with Crippen LogP contribution in [0, 0.1) is 0 Å². The summed E-state index contributed by atoms with van der Waals surface area (Å²) in [7, 11) is -3.51. The Morgan fingerprint density at radius 1 is 1.04 bits per heavy atom. The third-order valence-electron chi connectivity index (χ3n) is 5.26. The molecule has 3 atom stereocenters. The number of hydrogen-bond donors (Lipinski definition) is 1. The fourth-order valence-electron chi connectivity index (χ4n) is 4.08. The van der Waals surface area contributed by atoms with Crippen molar-refractivity contribution < 1.29 is 8.42 Å². The number of piperidine rings is 1. The predicted molar refractivity (Wildman–Crippen MR) is 105 cm³/mol. The summed E-state index contributed by atoms with van der Waals surface area (Å²) in [6.07, 6.45) is 4.07. The lowest BCUT2D eigenvalue weighted by Crippen LogP contribution is -2.73. The molecule has 1 unspecified atom stereocenters. The first-order valence-corrected chi connectivity index (χ1v) is 10.6. The Bertz CT molecular complexity index is 911. The highest BCUT2D eigenvalue weighted by molar-refractivity contribution is 7.89. The summed E-state index contributed by atoms with van der Waals surface area (Å²) in [4.78, 5) is 0.306. The Hall–Kier alpha value is -1.66. The molecule has 4 nitrogen and oxygen atoms in total. The van der Waals surface area contributed by atoms with Crippen LogP contribution in [-0.4, -0.2) is 37.9 Å². The molecule has 2 aliphatic rings. The fourth-order valence-corrected chi connectivity index (χ4v) is 6.06. The van der Waals surface area contributed by atoms with E-state index in [9.17, 15) is 8.42 Å². The molecule has 2 aromatic carbocycles. The van der Waals surface area contributed by atoms with E-state index in [-0.39, 0.29) is 18.0 Å². The number of rotatable bonds is 4. The molecule has 0 radical (unpaired) electrons. The Morgan fingerprint density at radius 3 is 2.23 bits per heavy atom. The van der Waals surface area contributed by atoms with Crippen LogP contribution in [0.15, 0.2) is 59.5 Å². The van der Waals surface area contributed by atoms with Gasteiger partial charge in [-0.05, 0) is 42.3 Å². The Kier molecular flexibility index (Phi) is 4.65. The Morgan fingerprint density at radius 2 is 1.65 bits per heavy atom. The zero-order valence-corrected chi connectivity index (χ0v) is 16.0. The normalized spacial score (nSPS) is 26.0. The second-order valence-electron chi connectivity index (χ2n) is 6.77. The molecule has 4 rings (SSSR count). The molecule has 26 heavy (non-hydrogen) atoms. The lowest BCUT2D eigenvalue weighted by molar-refractivity contribution is 0.0370. The van der Waals surface area contributed by atoms with Crippen molar-refractivity contribution in [1.82, 2.24) is 9.62 Å². The van der Waals surface area contributed by atoms with Crippen molar-refractivity contribution in [3.63, 3.8) is 0 Å². The number of nitrogens with one attached hydrogen (secondary N) is 1. The molecule has 0 spiro atoms. The van der Waals surface area contributed by atoms with Crippen molar-refractivity contribution in [2.75, 3.05) is 13.1 Å². The minimum absolute atomic E-state index is 0.0537. The topological polar surface area (TPSA) is 49.4 Å². The maximum Gasteiger partial charge on any atom is 0.243 e. The number of halogens is 1. The van der Waals surface area contributed by atoms with Crippen LogP contribution in [0.3, 0.4) is 0 Å². The van der Waals surface area contributed by atoms with Crippen LogP contribution in [0.2, 0.25) is 5.02 Å². The van der Waals surface area contributed by atoms with E-state index in [1.165, 1.54) is 5.56 Å². The highest BCUT2D eigenvalue weighted by Crippen LogP contribution is 2.45. The summed E-state index contributed by atoms with van der Waals surface area (Å²) in [5, 5.41) is 3.88. The van der Waals surface area contributed by atoms with Crippen LogP contribution in [0.25, 0.3) is 6.08 Å². The summed E-state index contributed by atoms with van der Waals surface area (Å²) in [5.74, 6) is 0.234. The van der Waals surface area contributed by atoms with Gasteiger partial charge < -0.3 is 5.32 Å². The van der Waals surface area contributed by atoms with E-state index in [2.05, 4.69) is 35.7 Å². The van der Waals surface area contributed by atoms with Gasteiger partial charge in [0.25, 0.3) is 0 Å². The van der Waals surface area contributed by atoms with Crippen LogP contribution >= 0.6 is 11.6 Å². The van der Waals surface area contributed by atoms with Crippen molar-refractivity contribution in [2.24, 2.45) is 0 Å². The first kappa shape index (κ1) is 17.7. The van der Waals surface area contributed by atoms with Crippen molar-refractivity contribution in [3.05, 3.63) is 70.8 Å². The molecule has 0 aliphatic carbocycles. The molecule has 2 aliphatic heterocycles. The molecule has 1 N–H and O–H groups in total. The summed E-state index contributed by atoms with van der Waals surface area (Å²) in [6.45, 7) is 3.34. The molecular formula is C20H21ClN2O2S. The molecule has 0 amide bonds. The van der Waals surface area contributed by atoms with Crippen molar-refractivity contribution >= 4 is 27.7 Å². The average Bonchev–Trinajstić information content (AvgIpc) is 2.64. The van der Waals surface area contributed by atoms with E-state index < -0.39 is 10.0 Å². The van der Waals surface area contributed by atoms with Crippen molar-refractivity contribution in [3.8, 4) is 0 Å². The highest BCUT2D eigenvalue weighted by atomic mass is 35.5. The van der Waals surface area contributed by atoms with Gasteiger partial charge in [0.05, 0.1) is 4.90 Å². The number of piperazine rings is 1. The lowest BCUT2D eigenvalue weighted by atomic mass is 9.75. The summed E-state index contributed by atoms with van der Waals surface area (Å²) in [5.41, 5.74) is 2.36. The predicted octanol–water partition coefficient (Wildman–Crippen LogP) is 3.50. The van der Waals surface area contributed by atoms with Gasteiger partial charge in [0, 0.05) is 36.1 Å². The van der Waals surface area contributed by atoms with Gasteiger partial charge in [-0.1, -0.05) is 48.0 Å². The molecule has 2 aromatic rings. The molecule has 2 fully saturated rings. The summed E-state index contributed by atoms with van der Waals surface area (Å²) < 4.78 is 27.9. The summed E-state index contributed by atoms with van der Waals surface area (Å²) >= 11 is 5.90. The average molecular weight is 389 g/mol. The minimum Gasteiger partial charge on any atom is -0.313 e. The first-order valence-electron chi connectivity index (χ1n) is 8.75. The summed E-state index contributed by atoms with van der Waals surface area (Å²) in [6, 6.07) is 14.7. The van der Waals surface area contributed by atoms with Gasteiger partial charge in [-0.2, -0.15) is 4.31 Å². The zero-order valence-electron chi connectivity index (χ0n) is 14.5. The van der Waals surface area contributed by atoms with E-state index in [1.54, 1.807) is 28.6 Å². The Labute approximate surface area is 159 Å². The second-order valence-corrected chi connectivity index (χ2v) is 9.05. The number of hydrogen-bond acceptors (Lipinski definition) is 3. The van der Waals surface area contributed by atoms with Crippen LogP contribution < -0.4 is 5.32 Å². The van der Waals surface area contributed by atoms with E-state index in [4.69, 9.17) is 11.6 Å². The lowest BCUT2D eigenvalue weighted by Gasteiger charge is -2.57. The molecule has 6 heteroatoms. The van der Waals surface area contributed by atoms with Crippen LogP contribution in [-0.2, 0) is 10.0 Å². The fraction of sp³-hybridized carbons (Fsp3) is 0.300.